The average Bonchev–Trinajstić information content (AvgIpc) is 2.77. The predicted octanol–water partition coefficient (Wildman–Crippen LogP) is 2.47. The molecule has 1 aliphatic heterocycles. The van der Waals surface area contributed by atoms with Crippen molar-refractivity contribution in [1.29, 1.82) is 0 Å². The number of amides is 1. The quantitative estimate of drug-likeness (QED) is 0.809. The maximum Gasteiger partial charge on any atom is 0.263 e. The molecular weight excluding hydrogens is 254 g/mol. The lowest BCUT2D eigenvalue weighted by molar-refractivity contribution is 0.0983. The lowest BCUT2D eigenvalue weighted by atomic mass is 9.99. The highest BCUT2D eigenvalue weighted by molar-refractivity contribution is 6.08. The number of carbonyl (C=O) groups is 1. The van der Waals surface area contributed by atoms with Gasteiger partial charge >= 0.3 is 0 Å². The molecule has 2 heterocycles. The van der Waals surface area contributed by atoms with E-state index in [4.69, 9.17) is 10.3 Å². The maximum absolute atomic E-state index is 12.8. The van der Waals surface area contributed by atoms with Crippen LogP contribution in [0.2, 0.25) is 0 Å². The van der Waals surface area contributed by atoms with Crippen molar-refractivity contribution in [2.75, 3.05) is 17.2 Å². The Hall–Kier alpha value is -2.30. The third kappa shape index (κ3) is 1.86. The topological polar surface area (TPSA) is 72.4 Å². The Morgan fingerprint density at radius 1 is 1.40 bits per heavy atom. The lowest BCUT2D eigenvalue weighted by Gasteiger charge is -2.30. The second-order valence-corrected chi connectivity index (χ2v) is 5.10. The van der Waals surface area contributed by atoms with E-state index in [0.29, 0.717) is 23.6 Å². The summed E-state index contributed by atoms with van der Waals surface area (Å²) in [6, 6.07) is 5.71. The van der Waals surface area contributed by atoms with Crippen molar-refractivity contribution < 1.29 is 9.32 Å². The minimum atomic E-state index is -0.0622. The molecule has 1 aromatic heterocycles. The Kier molecular flexibility index (Phi) is 2.97. The first kappa shape index (κ1) is 12.7. The molecule has 0 atom stereocenters. The lowest BCUT2D eigenvalue weighted by Crippen LogP contribution is -2.36. The van der Waals surface area contributed by atoms with Crippen LogP contribution in [0.25, 0.3) is 0 Å². The van der Waals surface area contributed by atoms with Crippen molar-refractivity contribution in [2.24, 2.45) is 0 Å². The number of nitrogen functional groups attached to an aromatic ring is 1. The number of hydrogen-bond donors (Lipinski definition) is 1. The first-order valence-electron chi connectivity index (χ1n) is 6.71. The highest BCUT2D eigenvalue weighted by atomic mass is 16.5. The Balaban J connectivity index is 2.05. The molecule has 1 aliphatic rings. The van der Waals surface area contributed by atoms with Gasteiger partial charge in [-0.05, 0) is 44.4 Å². The summed E-state index contributed by atoms with van der Waals surface area (Å²) in [6.45, 7) is 4.24. The molecule has 1 amide bonds. The van der Waals surface area contributed by atoms with Crippen molar-refractivity contribution in [1.82, 2.24) is 5.16 Å². The van der Waals surface area contributed by atoms with Crippen molar-refractivity contribution in [3.05, 3.63) is 40.8 Å². The van der Waals surface area contributed by atoms with Crippen LogP contribution in [0.3, 0.4) is 0 Å². The van der Waals surface area contributed by atoms with Gasteiger partial charge in [-0.2, -0.15) is 0 Å². The van der Waals surface area contributed by atoms with E-state index in [0.717, 1.165) is 29.8 Å². The van der Waals surface area contributed by atoms with E-state index in [1.165, 1.54) is 0 Å². The summed E-state index contributed by atoms with van der Waals surface area (Å²) in [7, 11) is 0. The van der Waals surface area contributed by atoms with Crippen LogP contribution in [0.1, 0.15) is 33.8 Å². The van der Waals surface area contributed by atoms with Crippen LogP contribution < -0.4 is 10.6 Å². The summed E-state index contributed by atoms with van der Waals surface area (Å²) >= 11 is 0. The van der Waals surface area contributed by atoms with Gasteiger partial charge in [-0.1, -0.05) is 11.2 Å². The number of fused-ring (bicyclic) bond motifs is 1. The van der Waals surface area contributed by atoms with Crippen LogP contribution in [0.4, 0.5) is 11.4 Å². The number of nitrogens with two attached hydrogens (primary N) is 1. The summed E-state index contributed by atoms with van der Waals surface area (Å²) in [5.41, 5.74) is 9.90. The average molecular weight is 271 g/mol. The van der Waals surface area contributed by atoms with Crippen LogP contribution in [0.15, 0.2) is 22.7 Å². The smallest absolute Gasteiger partial charge is 0.263 e. The predicted molar refractivity (Wildman–Crippen MR) is 76.8 cm³/mol. The Bertz CT molecular complexity index is 656. The number of benzene rings is 1. The van der Waals surface area contributed by atoms with Crippen LogP contribution in [-0.4, -0.2) is 17.6 Å². The molecule has 2 N–H and O–H groups in total. The summed E-state index contributed by atoms with van der Waals surface area (Å²) in [6.07, 6.45) is 1.82. The molecule has 0 saturated heterocycles. The zero-order chi connectivity index (χ0) is 14.3. The molecule has 0 radical (unpaired) electrons. The van der Waals surface area contributed by atoms with Gasteiger partial charge in [0.05, 0.1) is 5.69 Å². The molecule has 104 valence electrons. The van der Waals surface area contributed by atoms with Crippen LogP contribution in [0, 0.1) is 13.8 Å². The van der Waals surface area contributed by atoms with Gasteiger partial charge in [0.15, 0.2) is 0 Å². The number of anilines is 2. The van der Waals surface area contributed by atoms with E-state index in [2.05, 4.69) is 5.16 Å². The number of aromatic nitrogens is 1. The molecule has 1 aromatic carbocycles. The Morgan fingerprint density at radius 2 is 2.20 bits per heavy atom. The minimum Gasteiger partial charge on any atom is -0.398 e. The van der Waals surface area contributed by atoms with Gasteiger partial charge in [0.1, 0.15) is 11.3 Å². The summed E-state index contributed by atoms with van der Waals surface area (Å²) < 4.78 is 5.10. The zero-order valence-electron chi connectivity index (χ0n) is 11.6. The highest BCUT2D eigenvalue weighted by Gasteiger charge is 2.28. The van der Waals surface area contributed by atoms with Crippen LogP contribution in [-0.2, 0) is 6.42 Å². The van der Waals surface area contributed by atoms with Crippen molar-refractivity contribution in [3.63, 3.8) is 0 Å². The first-order valence-corrected chi connectivity index (χ1v) is 6.71. The third-order valence-corrected chi connectivity index (χ3v) is 3.78. The number of rotatable bonds is 1. The largest absolute Gasteiger partial charge is 0.398 e. The zero-order valence-corrected chi connectivity index (χ0v) is 11.6. The van der Waals surface area contributed by atoms with E-state index in [1.54, 1.807) is 18.7 Å². The van der Waals surface area contributed by atoms with Gasteiger partial charge in [-0.15, -0.1) is 0 Å². The molecule has 0 aliphatic carbocycles. The number of carbonyl (C=O) groups excluding carboxylic acids is 1. The number of nitrogens with zero attached hydrogens (tertiary/aromatic N) is 2. The van der Waals surface area contributed by atoms with E-state index >= 15 is 0 Å². The summed E-state index contributed by atoms with van der Waals surface area (Å²) in [5, 5.41) is 3.86. The molecule has 0 bridgehead atoms. The molecule has 0 fully saturated rings. The molecule has 0 spiro atoms. The molecule has 0 saturated carbocycles. The molecule has 5 nitrogen and oxygen atoms in total. The van der Waals surface area contributed by atoms with E-state index in [9.17, 15) is 4.79 Å². The monoisotopic (exact) mass is 271 g/mol. The third-order valence-electron chi connectivity index (χ3n) is 3.78. The maximum atomic E-state index is 12.8. The van der Waals surface area contributed by atoms with Gasteiger partial charge in [-0.3, -0.25) is 4.79 Å². The molecule has 3 rings (SSSR count). The highest BCUT2D eigenvalue weighted by Crippen LogP contribution is 2.32. The number of aryl methyl sites for hydroxylation is 2. The Labute approximate surface area is 117 Å². The minimum absolute atomic E-state index is 0.0622. The summed E-state index contributed by atoms with van der Waals surface area (Å²) in [4.78, 5) is 14.5. The fourth-order valence-corrected chi connectivity index (χ4v) is 2.79. The second kappa shape index (κ2) is 4.67. The van der Waals surface area contributed by atoms with Gasteiger partial charge in [-0.25, -0.2) is 0 Å². The standard InChI is InChI=1S/C15H17N3O2/c1-9-14(10(2)20-17-9)15(19)18-8-4-5-11-12(16)6-3-7-13(11)18/h3,6-7H,4-5,8,16H2,1-2H3. The van der Waals surface area contributed by atoms with Crippen molar-refractivity contribution in [3.8, 4) is 0 Å². The number of hydrogen-bond acceptors (Lipinski definition) is 4. The normalized spacial score (nSPS) is 14.2. The summed E-state index contributed by atoms with van der Waals surface area (Å²) in [5.74, 6) is 0.497. The van der Waals surface area contributed by atoms with Crippen molar-refractivity contribution in [2.45, 2.75) is 26.7 Å². The van der Waals surface area contributed by atoms with E-state index in [-0.39, 0.29) is 5.91 Å². The molecule has 20 heavy (non-hydrogen) atoms. The van der Waals surface area contributed by atoms with Gasteiger partial charge in [0.25, 0.3) is 5.91 Å². The van der Waals surface area contributed by atoms with E-state index in [1.807, 2.05) is 18.2 Å². The second-order valence-electron chi connectivity index (χ2n) is 5.10. The fourth-order valence-electron chi connectivity index (χ4n) is 2.79. The van der Waals surface area contributed by atoms with Gasteiger partial charge in [0, 0.05) is 17.9 Å². The molecule has 5 heteroatoms. The SMILES string of the molecule is Cc1noc(C)c1C(=O)N1CCCc2c(N)cccc21. The van der Waals surface area contributed by atoms with Crippen molar-refractivity contribution >= 4 is 17.3 Å². The van der Waals surface area contributed by atoms with Crippen LogP contribution in [0.5, 0.6) is 0 Å². The van der Waals surface area contributed by atoms with Gasteiger partial charge < -0.3 is 15.2 Å². The first-order chi connectivity index (χ1) is 9.59. The molecular formula is C15H17N3O2. The molecule has 0 unspecified atom stereocenters. The Morgan fingerprint density at radius 3 is 2.90 bits per heavy atom. The fraction of sp³-hybridized carbons (Fsp3) is 0.333. The molecule has 2 aromatic rings. The van der Waals surface area contributed by atoms with Gasteiger partial charge in [0.2, 0.25) is 0 Å². The van der Waals surface area contributed by atoms with E-state index < -0.39 is 0 Å². The van der Waals surface area contributed by atoms with Crippen LogP contribution >= 0.6 is 0 Å².